The summed E-state index contributed by atoms with van der Waals surface area (Å²) in [6.45, 7) is 3.47. The zero-order valence-corrected chi connectivity index (χ0v) is 6.33. The summed E-state index contributed by atoms with van der Waals surface area (Å²) in [4.78, 5) is 0. The van der Waals surface area contributed by atoms with E-state index in [1.165, 1.54) is 0 Å². The summed E-state index contributed by atoms with van der Waals surface area (Å²) in [6, 6.07) is 0. The molecule has 0 heterocycles. The average Bonchev–Trinajstić information content (AvgIpc) is 1.86. The van der Waals surface area contributed by atoms with Gasteiger partial charge in [0.05, 0.1) is 12.7 Å². The molecule has 0 radical (unpaired) electrons. The summed E-state index contributed by atoms with van der Waals surface area (Å²) in [5.74, 6) is 0. The molecule has 0 aromatic rings. The molecular weight excluding hydrogens is 134 g/mol. The standard InChI is InChI=1S/C6H15NO3/c1-6(2,4-7-10)5(9)3-8/h5,7-10H,3-4H2,1-2H3. The highest BCUT2D eigenvalue weighted by atomic mass is 16.5. The van der Waals surface area contributed by atoms with Crippen LogP contribution < -0.4 is 5.48 Å². The molecule has 0 rings (SSSR count). The molecule has 62 valence electrons. The van der Waals surface area contributed by atoms with Crippen molar-refractivity contribution in [2.75, 3.05) is 13.2 Å². The van der Waals surface area contributed by atoms with E-state index in [9.17, 15) is 0 Å². The fourth-order valence-corrected chi connectivity index (χ4v) is 0.569. The first-order valence-corrected chi connectivity index (χ1v) is 3.20. The van der Waals surface area contributed by atoms with E-state index >= 15 is 0 Å². The van der Waals surface area contributed by atoms with E-state index in [0.717, 1.165) is 0 Å². The van der Waals surface area contributed by atoms with E-state index in [1.54, 1.807) is 13.8 Å². The Morgan fingerprint density at radius 2 is 2.00 bits per heavy atom. The number of aliphatic hydroxyl groups excluding tert-OH is 2. The first kappa shape index (κ1) is 9.84. The van der Waals surface area contributed by atoms with E-state index in [-0.39, 0.29) is 13.2 Å². The van der Waals surface area contributed by atoms with Crippen molar-refractivity contribution in [2.45, 2.75) is 20.0 Å². The molecule has 0 aliphatic rings. The van der Waals surface area contributed by atoms with Crippen molar-refractivity contribution >= 4 is 0 Å². The van der Waals surface area contributed by atoms with Crippen molar-refractivity contribution in [3.8, 4) is 0 Å². The van der Waals surface area contributed by atoms with Gasteiger partial charge in [0.1, 0.15) is 0 Å². The maximum atomic E-state index is 9.12. The number of hydrogen-bond acceptors (Lipinski definition) is 4. The fourth-order valence-electron chi connectivity index (χ4n) is 0.569. The minimum Gasteiger partial charge on any atom is -0.394 e. The lowest BCUT2D eigenvalue weighted by Crippen LogP contribution is -2.40. The molecule has 4 N–H and O–H groups in total. The predicted octanol–water partition coefficient (Wildman–Crippen LogP) is -0.655. The molecule has 0 fully saturated rings. The van der Waals surface area contributed by atoms with Gasteiger partial charge >= 0.3 is 0 Å². The SMILES string of the molecule is CC(C)(CNO)C(O)CO. The zero-order valence-electron chi connectivity index (χ0n) is 6.33. The topological polar surface area (TPSA) is 72.7 Å². The third-order valence-electron chi connectivity index (χ3n) is 1.61. The second-order valence-corrected chi connectivity index (χ2v) is 3.02. The monoisotopic (exact) mass is 149 g/mol. The van der Waals surface area contributed by atoms with Crippen molar-refractivity contribution < 1.29 is 15.4 Å². The van der Waals surface area contributed by atoms with Crippen LogP contribution in [0.5, 0.6) is 0 Å². The van der Waals surface area contributed by atoms with E-state index in [4.69, 9.17) is 15.4 Å². The Kier molecular flexibility index (Phi) is 3.81. The lowest BCUT2D eigenvalue weighted by molar-refractivity contribution is -0.0143. The van der Waals surface area contributed by atoms with Crippen LogP contribution >= 0.6 is 0 Å². The molecular formula is C6H15NO3. The van der Waals surface area contributed by atoms with Crippen LogP contribution in [-0.4, -0.2) is 34.7 Å². The number of aliphatic hydroxyl groups is 2. The smallest absolute Gasteiger partial charge is 0.0834 e. The third kappa shape index (κ3) is 2.62. The summed E-state index contributed by atoms with van der Waals surface area (Å²) in [5.41, 5.74) is 1.46. The third-order valence-corrected chi connectivity index (χ3v) is 1.61. The highest BCUT2D eigenvalue weighted by molar-refractivity contribution is 4.77. The highest BCUT2D eigenvalue weighted by Gasteiger charge is 2.26. The Bertz CT molecular complexity index is 95.0. The van der Waals surface area contributed by atoms with Crippen LogP contribution in [0.4, 0.5) is 0 Å². The largest absolute Gasteiger partial charge is 0.394 e. The van der Waals surface area contributed by atoms with Crippen molar-refractivity contribution in [1.82, 2.24) is 5.48 Å². The number of hydrogen-bond donors (Lipinski definition) is 4. The van der Waals surface area contributed by atoms with Crippen LogP contribution in [-0.2, 0) is 0 Å². The van der Waals surface area contributed by atoms with Crippen LogP contribution in [0.1, 0.15) is 13.8 Å². The van der Waals surface area contributed by atoms with Gasteiger partial charge in [-0.25, -0.2) is 5.48 Å². The van der Waals surface area contributed by atoms with Gasteiger partial charge in [0.15, 0.2) is 0 Å². The summed E-state index contributed by atoms with van der Waals surface area (Å²) < 4.78 is 0. The number of nitrogens with one attached hydrogen (secondary N) is 1. The van der Waals surface area contributed by atoms with Crippen LogP contribution in [0.25, 0.3) is 0 Å². The van der Waals surface area contributed by atoms with E-state index in [2.05, 4.69) is 0 Å². The first-order valence-electron chi connectivity index (χ1n) is 3.20. The molecule has 0 aromatic carbocycles. The van der Waals surface area contributed by atoms with Gasteiger partial charge in [-0.3, -0.25) is 0 Å². The van der Waals surface area contributed by atoms with Gasteiger partial charge in [0, 0.05) is 12.0 Å². The van der Waals surface area contributed by atoms with Gasteiger partial charge in [-0.15, -0.1) is 0 Å². The molecule has 4 nitrogen and oxygen atoms in total. The molecule has 0 saturated carbocycles. The van der Waals surface area contributed by atoms with Crippen LogP contribution in [0.15, 0.2) is 0 Å². The quantitative estimate of drug-likeness (QED) is 0.401. The van der Waals surface area contributed by atoms with E-state index in [0.29, 0.717) is 0 Å². The summed E-state index contributed by atoms with van der Waals surface area (Å²) >= 11 is 0. The summed E-state index contributed by atoms with van der Waals surface area (Å²) in [5, 5.41) is 26.0. The minimum atomic E-state index is -0.799. The maximum absolute atomic E-state index is 9.12. The Morgan fingerprint density at radius 3 is 2.30 bits per heavy atom. The molecule has 0 saturated heterocycles. The van der Waals surface area contributed by atoms with Crippen molar-refractivity contribution in [3.63, 3.8) is 0 Å². The Hall–Kier alpha value is -0.160. The average molecular weight is 149 g/mol. The Balaban J connectivity index is 3.82. The van der Waals surface area contributed by atoms with Gasteiger partial charge in [-0.1, -0.05) is 13.8 Å². The molecule has 1 unspecified atom stereocenters. The second kappa shape index (κ2) is 3.88. The van der Waals surface area contributed by atoms with Gasteiger partial charge in [-0.2, -0.15) is 0 Å². The zero-order chi connectivity index (χ0) is 8.20. The Labute approximate surface area is 60.5 Å². The molecule has 10 heavy (non-hydrogen) atoms. The molecule has 0 aliphatic carbocycles. The molecule has 0 spiro atoms. The number of hydroxylamine groups is 1. The molecule has 0 amide bonds. The summed E-state index contributed by atoms with van der Waals surface area (Å²) in [7, 11) is 0. The van der Waals surface area contributed by atoms with Gasteiger partial charge in [0.2, 0.25) is 0 Å². The molecule has 1 atom stereocenters. The number of rotatable bonds is 4. The van der Waals surface area contributed by atoms with Crippen LogP contribution in [0, 0.1) is 5.41 Å². The van der Waals surface area contributed by atoms with E-state index < -0.39 is 11.5 Å². The van der Waals surface area contributed by atoms with E-state index in [1.807, 2.05) is 5.48 Å². The first-order chi connectivity index (χ1) is 4.54. The molecule has 0 aromatic heterocycles. The lowest BCUT2D eigenvalue weighted by Gasteiger charge is -2.27. The van der Waals surface area contributed by atoms with Crippen molar-refractivity contribution in [3.05, 3.63) is 0 Å². The fraction of sp³-hybridized carbons (Fsp3) is 1.00. The molecule has 0 bridgehead atoms. The van der Waals surface area contributed by atoms with Crippen LogP contribution in [0.2, 0.25) is 0 Å². The minimum absolute atomic E-state index is 0.259. The van der Waals surface area contributed by atoms with Gasteiger partial charge < -0.3 is 15.4 Å². The van der Waals surface area contributed by atoms with Gasteiger partial charge in [0.25, 0.3) is 0 Å². The van der Waals surface area contributed by atoms with Gasteiger partial charge in [-0.05, 0) is 0 Å². The summed E-state index contributed by atoms with van der Waals surface area (Å²) in [6.07, 6.45) is -0.799. The van der Waals surface area contributed by atoms with Crippen LogP contribution in [0.3, 0.4) is 0 Å². The molecule has 4 heteroatoms. The van der Waals surface area contributed by atoms with Crippen molar-refractivity contribution in [2.24, 2.45) is 5.41 Å². The second-order valence-electron chi connectivity index (χ2n) is 3.02. The molecule has 0 aliphatic heterocycles. The normalized spacial score (nSPS) is 15.3. The highest BCUT2D eigenvalue weighted by Crippen LogP contribution is 2.18. The van der Waals surface area contributed by atoms with Crippen molar-refractivity contribution in [1.29, 1.82) is 0 Å². The predicted molar refractivity (Wildman–Crippen MR) is 36.7 cm³/mol. The lowest BCUT2D eigenvalue weighted by atomic mass is 9.87. The maximum Gasteiger partial charge on any atom is 0.0834 e. The Morgan fingerprint density at radius 1 is 1.50 bits per heavy atom.